The van der Waals surface area contributed by atoms with Crippen LogP contribution < -0.4 is 16.0 Å². The number of carboxylic acid groups (broad SMARTS) is 1. The molecule has 0 spiro atoms. The van der Waals surface area contributed by atoms with Crippen molar-refractivity contribution in [3.63, 3.8) is 0 Å². The molecule has 0 bridgehead atoms. The Kier molecular flexibility index (Phi) is 9.71. The third kappa shape index (κ3) is 7.95. The molecule has 224 valence electrons. The van der Waals surface area contributed by atoms with E-state index in [1.165, 1.54) is 12.3 Å². The van der Waals surface area contributed by atoms with E-state index < -0.39 is 29.5 Å². The molecule has 0 saturated heterocycles. The zero-order valence-electron chi connectivity index (χ0n) is 21.7. The van der Waals surface area contributed by atoms with E-state index >= 15 is 0 Å². The van der Waals surface area contributed by atoms with E-state index in [1.807, 2.05) is 25.1 Å². The van der Waals surface area contributed by atoms with Crippen molar-refractivity contribution in [2.24, 2.45) is 10.7 Å². The number of aliphatic imine (C=N–C) groups is 1. The largest absolute Gasteiger partial charge is 0.490 e. The molecular weight excluding hydrogens is 601 g/mol. The number of anilines is 1. The van der Waals surface area contributed by atoms with E-state index in [-0.39, 0.29) is 5.82 Å². The number of halogens is 8. The summed E-state index contributed by atoms with van der Waals surface area (Å²) in [5, 5.41) is 11.3. The van der Waals surface area contributed by atoms with Crippen molar-refractivity contribution in [2.45, 2.75) is 37.3 Å². The second-order valence-electron chi connectivity index (χ2n) is 9.42. The van der Waals surface area contributed by atoms with Gasteiger partial charge in [0.2, 0.25) is 0 Å². The first-order valence-corrected chi connectivity index (χ1v) is 12.7. The summed E-state index contributed by atoms with van der Waals surface area (Å²) in [6.07, 6.45) is -6.94. The zero-order valence-corrected chi connectivity index (χ0v) is 23.3. The summed E-state index contributed by atoms with van der Waals surface area (Å²) in [5.74, 6) is -2.24. The topological polar surface area (TPSA) is 107 Å². The highest BCUT2D eigenvalue weighted by atomic mass is 35.5. The smallest absolute Gasteiger partial charge is 0.475 e. The van der Waals surface area contributed by atoms with E-state index in [9.17, 15) is 26.3 Å². The SMILES string of the molecule is CN(C)C1=NC(N)(Cc2ccc(Cl)c(Cl)c2)C2=C(CCN(c3ncccc3C(F)(F)F)CC2)N1.O=C(O)C(F)(F)F. The van der Waals surface area contributed by atoms with Crippen LogP contribution in [0.2, 0.25) is 10.0 Å². The number of nitrogens with two attached hydrogens (primary N) is 1. The van der Waals surface area contributed by atoms with E-state index in [0.29, 0.717) is 48.4 Å². The molecule has 0 aliphatic carbocycles. The van der Waals surface area contributed by atoms with Crippen LogP contribution in [0.15, 0.2) is 52.8 Å². The van der Waals surface area contributed by atoms with Crippen molar-refractivity contribution in [3.8, 4) is 0 Å². The summed E-state index contributed by atoms with van der Waals surface area (Å²) in [5.41, 5.74) is 7.66. The number of alkyl halides is 6. The van der Waals surface area contributed by atoms with Gasteiger partial charge in [-0.1, -0.05) is 29.3 Å². The van der Waals surface area contributed by atoms with Crippen molar-refractivity contribution in [2.75, 3.05) is 32.1 Å². The molecule has 4 rings (SSSR count). The van der Waals surface area contributed by atoms with Gasteiger partial charge < -0.3 is 26.0 Å². The van der Waals surface area contributed by atoms with Gasteiger partial charge in [0.25, 0.3) is 0 Å². The Bertz CT molecular complexity index is 1350. The van der Waals surface area contributed by atoms with Crippen LogP contribution in [-0.2, 0) is 17.4 Å². The van der Waals surface area contributed by atoms with Crippen LogP contribution in [0.3, 0.4) is 0 Å². The van der Waals surface area contributed by atoms with Gasteiger partial charge in [0.15, 0.2) is 5.96 Å². The Balaban J connectivity index is 0.000000587. The molecule has 1 atom stereocenters. The van der Waals surface area contributed by atoms with Crippen LogP contribution >= 0.6 is 23.2 Å². The lowest BCUT2D eigenvalue weighted by molar-refractivity contribution is -0.192. The van der Waals surface area contributed by atoms with Gasteiger partial charge in [-0.25, -0.2) is 14.8 Å². The van der Waals surface area contributed by atoms with Crippen molar-refractivity contribution >= 4 is 40.9 Å². The predicted molar refractivity (Wildman–Crippen MR) is 143 cm³/mol. The number of nitrogens with zero attached hydrogens (tertiary/aromatic N) is 4. The van der Waals surface area contributed by atoms with Gasteiger partial charge >= 0.3 is 18.3 Å². The number of guanidine groups is 1. The molecule has 0 fully saturated rings. The number of rotatable bonds is 3. The molecule has 41 heavy (non-hydrogen) atoms. The second-order valence-corrected chi connectivity index (χ2v) is 10.2. The van der Waals surface area contributed by atoms with Gasteiger partial charge in [-0.2, -0.15) is 26.3 Å². The lowest BCUT2D eigenvalue weighted by Gasteiger charge is -2.37. The molecule has 16 heteroatoms. The fraction of sp³-hybridized carbons (Fsp3) is 0.400. The van der Waals surface area contributed by atoms with Gasteiger partial charge in [0.05, 0.1) is 15.6 Å². The van der Waals surface area contributed by atoms with Crippen molar-refractivity contribution < 1.29 is 36.2 Å². The number of benzene rings is 1. The maximum atomic E-state index is 13.6. The summed E-state index contributed by atoms with van der Waals surface area (Å²) in [4.78, 5) is 21.3. The highest BCUT2D eigenvalue weighted by Gasteiger charge is 2.40. The number of nitrogens with one attached hydrogen (secondary N) is 1. The number of hydrogen-bond acceptors (Lipinski definition) is 7. The fourth-order valence-electron chi connectivity index (χ4n) is 4.34. The summed E-state index contributed by atoms with van der Waals surface area (Å²) in [6, 6.07) is 7.68. The average molecular weight is 627 g/mol. The van der Waals surface area contributed by atoms with Crippen LogP contribution in [0.25, 0.3) is 0 Å². The molecule has 0 amide bonds. The van der Waals surface area contributed by atoms with E-state index in [0.717, 1.165) is 22.9 Å². The Hall–Kier alpha value is -3.23. The van der Waals surface area contributed by atoms with E-state index in [4.69, 9.17) is 43.8 Å². The Labute approximate surface area is 241 Å². The molecule has 1 aromatic heterocycles. The number of aliphatic carboxylic acids is 1. The minimum Gasteiger partial charge on any atom is -0.475 e. The summed E-state index contributed by atoms with van der Waals surface area (Å²) >= 11 is 12.3. The fourth-order valence-corrected chi connectivity index (χ4v) is 4.66. The lowest BCUT2D eigenvalue weighted by atomic mass is 9.88. The van der Waals surface area contributed by atoms with Crippen molar-refractivity contribution in [1.29, 1.82) is 0 Å². The molecule has 2 aliphatic heterocycles. The highest BCUT2D eigenvalue weighted by molar-refractivity contribution is 6.42. The third-order valence-corrected chi connectivity index (χ3v) is 6.97. The monoisotopic (exact) mass is 626 g/mol. The molecule has 3 heterocycles. The van der Waals surface area contributed by atoms with Gasteiger partial charge in [-0.15, -0.1) is 0 Å². The number of carbonyl (C=O) groups is 1. The molecule has 0 saturated carbocycles. The Morgan fingerprint density at radius 2 is 1.76 bits per heavy atom. The van der Waals surface area contributed by atoms with Gasteiger partial charge in [0.1, 0.15) is 11.5 Å². The Morgan fingerprint density at radius 1 is 1.12 bits per heavy atom. The van der Waals surface area contributed by atoms with E-state index in [1.54, 1.807) is 17.0 Å². The maximum Gasteiger partial charge on any atom is 0.490 e. The van der Waals surface area contributed by atoms with Crippen LogP contribution in [0.4, 0.5) is 32.2 Å². The van der Waals surface area contributed by atoms with Gasteiger partial charge in [-0.05, 0) is 41.8 Å². The first-order chi connectivity index (χ1) is 18.9. The summed E-state index contributed by atoms with van der Waals surface area (Å²) < 4.78 is 72.6. The first kappa shape index (κ1) is 32.3. The summed E-state index contributed by atoms with van der Waals surface area (Å²) in [6.45, 7) is 0.684. The number of carboxylic acids is 1. The molecule has 8 nitrogen and oxygen atoms in total. The first-order valence-electron chi connectivity index (χ1n) is 12.0. The predicted octanol–water partition coefficient (Wildman–Crippen LogP) is 5.31. The molecule has 0 radical (unpaired) electrons. The normalized spacial score (nSPS) is 19.3. The van der Waals surface area contributed by atoms with E-state index in [2.05, 4.69) is 10.3 Å². The maximum absolute atomic E-state index is 13.6. The molecule has 4 N–H and O–H groups in total. The number of hydrogen-bond donors (Lipinski definition) is 3. The standard InChI is InChI=1S/C23H25Cl2F3N6.C2HF3O2/c1-33(2)21-31-19-8-11-34(20-16(23(26,27)28)4-3-9-30-20)10-7-15(19)22(29,32-21)13-14-5-6-17(24)18(25)12-14;3-2(4,5)1(6)7/h3-6,9,12H,7-8,10-11,13,29H2,1-2H3,(H,31,32);(H,6,7). The minimum atomic E-state index is -5.08. The molecule has 1 aromatic carbocycles. The quantitative estimate of drug-likeness (QED) is 0.396. The average Bonchev–Trinajstić information content (AvgIpc) is 3.09. The molecule has 2 aliphatic rings. The van der Waals surface area contributed by atoms with Crippen LogP contribution in [0.5, 0.6) is 0 Å². The van der Waals surface area contributed by atoms with Crippen molar-refractivity contribution in [1.82, 2.24) is 15.2 Å². The second kappa shape index (κ2) is 12.3. The number of pyridine rings is 1. The highest BCUT2D eigenvalue weighted by Crippen LogP contribution is 2.38. The van der Waals surface area contributed by atoms with Crippen LogP contribution in [0, 0.1) is 0 Å². The minimum absolute atomic E-state index is 0.0734. The lowest BCUT2D eigenvalue weighted by Crippen LogP contribution is -2.52. The molecule has 1 unspecified atom stereocenters. The third-order valence-electron chi connectivity index (χ3n) is 6.23. The summed E-state index contributed by atoms with van der Waals surface area (Å²) in [7, 11) is 3.70. The Morgan fingerprint density at radius 3 is 2.32 bits per heavy atom. The van der Waals surface area contributed by atoms with Crippen LogP contribution in [0.1, 0.15) is 24.0 Å². The number of aromatic nitrogens is 1. The molecular formula is C25H26Cl2F6N6O2. The molecule has 2 aromatic rings. The zero-order chi connectivity index (χ0) is 30.8. The van der Waals surface area contributed by atoms with Gasteiger partial charge in [0, 0.05) is 51.9 Å². The van der Waals surface area contributed by atoms with Crippen molar-refractivity contribution in [3.05, 3.63) is 69.0 Å². The van der Waals surface area contributed by atoms with Crippen LogP contribution in [-0.4, -0.2) is 65.9 Å². The van der Waals surface area contributed by atoms with Gasteiger partial charge in [-0.3, -0.25) is 0 Å².